The third-order valence-electron chi connectivity index (χ3n) is 6.57. The number of amides is 1. The zero-order chi connectivity index (χ0) is 24.3. The molecule has 0 unspecified atom stereocenters. The molecule has 0 saturated carbocycles. The van der Waals surface area contributed by atoms with Gasteiger partial charge in [-0.1, -0.05) is 30.3 Å². The second-order valence-electron chi connectivity index (χ2n) is 8.66. The lowest BCUT2D eigenvalue weighted by atomic mass is 9.73. The minimum atomic E-state index is -0.599. The lowest BCUT2D eigenvalue weighted by Gasteiger charge is -2.36. The first kappa shape index (κ1) is 22.7. The van der Waals surface area contributed by atoms with E-state index in [0.717, 1.165) is 17.0 Å². The van der Waals surface area contributed by atoms with Crippen molar-refractivity contribution < 1.29 is 14.3 Å². The van der Waals surface area contributed by atoms with E-state index in [2.05, 4.69) is 20.5 Å². The van der Waals surface area contributed by atoms with E-state index in [4.69, 9.17) is 9.47 Å². The highest BCUT2D eigenvalue weighted by atomic mass is 16.5. The Morgan fingerprint density at radius 3 is 2.34 bits per heavy atom. The van der Waals surface area contributed by atoms with Crippen LogP contribution in [0.25, 0.3) is 5.82 Å². The van der Waals surface area contributed by atoms with Crippen molar-refractivity contribution in [3.8, 4) is 17.4 Å². The Hall–Kier alpha value is -4.04. The summed E-state index contributed by atoms with van der Waals surface area (Å²) < 4.78 is 13.3. The monoisotopic (exact) mass is 469 g/mol. The molecule has 0 atom stereocenters. The summed E-state index contributed by atoms with van der Waals surface area (Å²) in [5.41, 5.74) is 3.09. The summed E-state index contributed by atoms with van der Waals surface area (Å²) in [7, 11) is 0. The third kappa shape index (κ3) is 4.65. The Bertz CT molecular complexity index is 1300. The molecule has 178 valence electrons. The van der Waals surface area contributed by atoms with Gasteiger partial charge in [0, 0.05) is 30.7 Å². The highest BCUT2D eigenvalue weighted by Crippen LogP contribution is 2.36. The number of nitrogens with zero attached hydrogens (tertiary/aromatic N) is 4. The third-order valence-corrected chi connectivity index (χ3v) is 6.57. The summed E-state index contributed by atoms with van der Waals surface area (Å²) in [6.45, 7) is 5.07. The topological polar surface area (TPSA) is 91.2 Å². The molecule has 1 saturated heterocycles. The van der Waals surface area contributed by atoms with Crippen molar-refractivity contribution in [1.29, 1.82) is 0 Å². The van der Waals surface area contributed by atoms with E-state index < -0.39 is 5.41 Å². The zero-order valence-electron chi connectivity index (χ0n) is 19.8. The highest BCUT2D eigenvalue weighted by Gasteiger charge is 2.41. The van der Waals surface area contributed by atoms with Crippen LogP contribution in [0.4, 0.5) is 5.69 Å². The second kappa shape index (κ2) is 9.68. The number of carbonyl (C=O) groups is 1. The van der Waals surface area contributed by atoms with Crippen LogP contribution in [0.15, 0.2) is 73.1 Å². The Labute approximate surface area is 204 Å². The molecule has 1 aliphatic heterocycles. The number of anilines is 1. The molecule has 1 N–H and O–H groups in total. The van der Waals surface area contributed by atoms with Crippen LogP contribution in [0.3, 0.4) is 0 Å². The molecule has 4 aromatic rings. The molecule has 5 rings (SSSR count). The molecule has 8 nitrogen and oxygen atoms in total. The van der Waals surface area contributed by atoms with Crippen molar-refractivity contribution in [2.75, 3.05) is 18.5 Å². The van der Waals surface area contributed by atoms with Gasteiger partial charge in [-0.15, -0.1) is 10.2 Å². The molecular weight excluding hydrogens is 442 g/mol. The molecule has 0 aliphatic carbocycles. The molecule has 2 aromatic carbocycles. The minimum absolute atomic E-state index is 0.0212. The number of rotatable bonds is 6. The fourth-order valence-electron chi connectivity index (χ4n) is 4.33. The summed E-state index contributed by atoms with van der Waals surface area (Å²) >= 11 is 0. The van der Waals surface area contributed by atoms with Gasteiger partial charge in [-0.2, -0.15) is 0 Å². The van der Waals surface area contributed by atoms with E-state index in [-0.39, 0.29) is 5.91 Å². The SMILES string of the molecule is Cc1ncn(-c2ccc(Oc3ccc(NC(=O)C4(c5ccccc5)CCOCC4)cc3)nn2)c1C. The van der Waals surface area contributed by atoms with Gasteiger partial charge < -0.3 is 14.8 Å². The van der Waals surface area contributed by atoms with E-state index in [1.807, 2.05) is 66.9 Å². The maximum absolute atomic E-state index is 13.4. The molecule has 0 bridgehead atoms. The Balaban J connectivity index is 1.26. The maximum Gasteiger partial charge on any atom is 0.238 e. The average molecular weight is 470 g/mol. The summed E-state index contributed by atoms with van der Waals surface area (Å²) in [6, 6.07) is 20.8. The van der Waals surface area contributed by atoms with E-state index in [1.165, 1.54) is 0 Å². The summed E-state index contributed by atoms with van der Waals surface area (Å²) in [5, 5.41) is 11.5. The molecular formula is C27H27N5O3. The van der Waals surface area contributed by atoms with E-state index in [9.17, 15) is 4.79 Å². The van der Waals surface area contributed by atoms with Gasteiger partial charge in [-0.05, 0) is 62.6 Å². The molecule has 3 heterocycles. The first-order chi connectivity index (χ1) is 17.0. The van der Waals surface area contributed by atoms with Crippen molar-refractivity contribution in [1.82, 2.24) is 19.7 Å². The van der Waals surface area contributed by atoms with Crippen LogP contribution in [0.5, 0.6) is 11.6 Å². The summed E-state index contributed by atoms with van der Waals surface area (Å²) in [4.78, 5) is 17.7. The smallest absolute Gasteiger partial charge is 0.238 e. The summed E-state index contributed by atoms with van der Waals surface area (Å²) in [5.74, 6) is 1.63. The predicted octanol–water partition coefficient (Wildman–Crippen LogP) is 4.76. The number of ether oxygens (including phenoxy) is 2. The standard InChI is InChI=1S/C27H27N5O3/c1-19-20(2)32(18-28-19)24-12-13-25(31-30-24)35-23-10-8-22(9-11-23)29-26(33)27(14-16-34-17-15-27)21-6-4-3-5-7-21/h3-13,18H,14-17H2,1-2H3,(H,29,33). The largest absolute Gasteiger partial charge is 0.438 e. The zero-order valence-corrected chi connectivity index (χ0v) is 19.8. The van der Waals surface area contributed by atoms with E-state index in [1.54, 1.807) is 24.5 Å². The first-order valence-electron chi connectivity index (χ1n) is 11.6. The molecule has 8 heteroatoms. The molecule has 1 amide bonds. The van der Waals surface area contributed by atoms with Gasteiger partial charge in [0.25, 0.3) is 0 Å². The van der Waals surface area contributed by atoms with Gasteiger partial charge in [0.15, 0.2) is 5.82 Å². The van der Waals surface area contributed by atoms with Crippen LogP contribution >= 0.6 is 0 Å². The van der Waals surface area contributed by atoms with Gasteiger partial charge in [0.05, 0.1) is 11.1 Å². The lowest BCUT2D eigenvalue weighted by molar-refractivity contribution is -0.125. The first-order valence-corrected chi connectivity index (χ1v) is 11.6. The summed E-state index contributed by atoms with van der Waals surface area (Å²) in [6.07, 6.45) is 3.03. The van der Waals surface area contributed by atoms with Gasteiger partial charge >= 0.3 is 0 Å². The number of nitrogens with one attached hydrogen (secondary N) is 1. The van der Waals surface area contributed by atoms with Crippen LogP contribution < -0.4 is 10.1 Å². The van der Waals surface area contributed by atoms with Gasteiger partial charge in [0.1, 0.15) is 12.1 Å². The fraction of sp³-hybridized carbons (Fsp3) is 0.259. The Kier molecular flexibility index (Phi) is 6.29. The van der Waals surface area contributed by atoms with Gasteiger partial charge in [0.2, 0.25) is 11.8 Å². The fourth-order valence-corrected chi connectivity index (χ4v) is 4.33. The number of aryl methyl sites for hydroxylation is 1. The van der Waals surface area contributed by atoms with E-state index >= 15 is 0 Å². The molecule has 0 radical (unpaired) electrons. The van der Waals surface area contributed by atoms with Crippen molar-refractivity contribution in [2.45, 2.75) is 32.1 Å². The number of hydrogen-bond donors (Lipinski definition) is 1. The normalized spacial score (nSPS) is 14.9. The molecule has 35 heavy (non-hydrogen) atoms. The van der Waals surface area contributed by atoms with Crippen molar-refractivity contribution in [2.24, 2.45) is 0 Å². The number of carbonyl (C=O) groups excluding carboxylic acids is 1. The van der Waals surface area contributed by atoms with Crippen LogP contribution in [0, 0.1) is 13.8 Å². The predicted molar refractivity (Wildman–Crippen MR) is 132 cm³/mol. The number of imidazole rings is 1. The number of aromatic nitrogens is 4. The Morgan fingerprint density at radius 1 is 0.971 bits per heavy atom. The highest BCUT2D eigenvalue weighted by molar-refractivity contribution is 5.99. The van der Waals surface area contributed by atoms with Gasteiger partial charge in [-0.25, -0.2) is 4.98 Å². The maximum atomic E-state index is 13.4. The molecule has 2 aromatic heterocycles. The molecule has 0 spiro atoms. The van der Waals surface area contributed by atoms with Crippen molar-refractivity contribution in [3.63, 3.8) is 0 Å². The Morgan fingerprint density at radius 2 is 1.71 bits per heavy atom. The molecule has 1 fully saturated rings. The van der Waals surface area contributed by atoms with Crippen molar-refractivity contribution >= 4 is 11.6 Å². The minimum Gasteiger partial charge on any atom is -0.438 e. The van der Waals surface area contributed by atoms with Crippen LogP contribution in [0.1, 0.15) is 29.8 Å². The number of benzene rings is 2. The van der Waals surface area contributed by atoms with Crippen LogP contribution in [0.2, 0.25) is 0 Å². The van der Waals surface area contributed by atoms with E-state index in [0.29, 0.717) is 49.2 Å². The average Bonchev–Trinajstić information content (AvgIpc) is 3.24. The van der Waals surface area contributed by atoms with Crippen LogP contribution in [-0.4, -0.2) is 38.9 Å². The molecule has 1 aliphatic rings. The number of hydrogen-bond acceptors (Lipinski definition) is 6. The van der Waals surface area contributed by atoms with Gasteiger partial charge in [-0.3, -0.25) is 9.36 Å². The quantitative estimate of drug-likeness (QED) is 0.438. The van der Waals surface area contributed by atoms with Crippen LogP contribution in [-0.2, 0) is 14.9 Å². The lowest BCUT2D eigenvalue weighted by Crippen LogP contribution is -2.44. The second-order valence-corrected chi connectivity index (χ2v) is 8.66. The van der Waals surface area contributed by atoms with Crippen molar-refractivity contribution in [3.05, 3.63) is 90.0 Å².